The molecule has 2 heterocycles. The van der Waals surface area contributed by atoms with Crippen LogP contribution in [0.4, 0.5) is 4.39 Å². The number of benzene rings is 1. The van der Waals surface area contributed by atoms with Crippen LogP contribution in [0.25, 0.3) is 0 Å². The van der Waals surface area contributed by atoms with Crippen molar-refractivity contribution in [3.8, 4) is 0 Å². The van der Waals surface area contributed by atoms with Gasteiger partial charge in [0, 0.05) is 43.8 Å². The SMILES string of the molecule is O=C(c1ccc(Cl)cc1F)N1CCN(C2CCNC2)CC1. The zero-order valence-corrected chi connectivity index (χ0v) is 12.6. The number of rotatable bonds is 2. The maximum absolute atomic E-state index is 13.8. The van der Waals surface area contributed by atoms with Crippen LogP contribution in [0.2, 0.25) is 5.02 Å². The summed E-state index contributed by atoms with van der Waals surface area (Å²) in [6, 6.07) is 4.79. The van der Waals surface area contributed by atoms with Crippen LogP contribution in [0.5, 0.6) is 0 Å². The van der Waals surface area contributed by atoms with Crippen molar-refractivity contribution in [1.82, 2.24) is 15.1 Å². The Morgan fingerprint density at radius 3 is 2.67 bits per heavy atom. The summed E-state index contributed by atoms with van der Waals surface area (Å²) in [4.78, 5) is 16.5. The van der Waals surface area contributed by atoms with Crippen molar-refractivity contribution in [2.75, 3.05) is 39.3 Å². The Morgan fingerprint density at radius 1 is 1.29 bits per heavy atom. The predicted octanol–water partition coefficient (Wildman–Crippen LogP) is 1.60. The fourth-order valence-corrected chi connectivity index (χ4v) is 3.23. The first-order chi connectivity index (χ1) is 10.1. The van der Waals surface area contributed by atoms with Crippen molar-refractivity contribution < 1.29 is 9.18 Å². The van der Waals surface area contributed by atoms with Gasteiger partial charge in [-0.25, -0.2) is 4.39 Å². The molecule has 1 unspecified atom stereocenters. The molecule has 1 amide bonds. The van der Waals surface area contributed by atoms with Gasteiger partial charge >= 0.3 is 0 Å². The van der Waals surface area contributed by atoms with E-state index < -0.39 is 5.82 Å². The van der Waals surface area contributed by atoms with Crippen molar-refractivity contribution in [1.29, 1.82) is 0 Å². The van der Waals surface area contributed by atoms with Gasteiger partial charge in [-0.15, -0.1) is 0 Å². The van der Waals surface area contributed by atoms with Gasteiger partial charge in [0.05, 0.1) is 5.56 Å². The average molecular weight is 312 g/mol. The molecule has 6 heteroatoms. The maximum atomic E-state index is 13.8. The summed E-state index contributed by atoms with van der Waals surface area (Å²) < 4.78 is 13.8. The monoisotopic (exact) mass is 311 g/mol. The maximum Gasteiger partial charge on any atom is 0.256 e. The number of carbonyl (C=O) groups is 1. The minimum atomic E-state index is -0.546. The van der Waals surface area contributed by atoms with Crippen LogP contribution in [0.15, 0.2) is 18.2 Å². The van der Waals surface area contributed by atoms with Gasteiger partial charge in [0.2, 0.25) is 0 Å². The fourth-order valence-electron chi connectivity index (χ4n) is 3.07. The molecule has 1 aromatic carbocycles. The number of nitrogens with zero attached hydrogens (tertiary/aromatic N) is 2. The number of hydrogen-bond acceptors (Lipinski definition) is 3. The van der Waals surface area contributed by atoms with Crippen LogP contribution in [0.3, 0.4) is 0 Å². The Morgan fingerprint density at radius 2 is 2.05 bits per heavy atom. The third kappa shape index (κ3) is 3.20. The number of hydrogen-bond donors (Lipinski definition) is 1. The highest BCUT2D eigenvalue weighted by Crippen LogP contribution is 2.18. The molecule has 0 saturated carbocycles. The van der Waals surface area contributed by atoms with Crippen molar-refractivity contribution in [2.24, 2.45) is 0 Å². The highest BCUT2D eigenvalue weighted by Gasteiger charge is 2.28. The molecule has 0 spiro atoms. The average Bonchev–Trinajstić information content (AvgIpc) is 3.01. The third-order valence-electron chi connectivity index (χ3n) is 4.31. The predicted molar refractivity (Wildman–Crippen MR) is 80.2 cm³/mol. The molecule has 0 aromatic heterocycles. The summed E-state index contributed by atoms with van der Waals surface area (Å²) in [5, 5.41) is 3.67. The van der Waals surface area contributed by atoms with Crippen molar-refractivity contribution in [3.05, 3.63) is 34.6 Å². The Kier molecular flexibility index (Phi) is 4.42. The van der Waals surface area contributed by atoms with Crippen LogP contribution in [-0.4, -0.2) is 61.0 Å². The van der Waals surface area contributed by atoms with Gasteiger partial charge in [-0.2, -0.15) is 0 Å². The van der Waals surface area contributed by atoms with Crippen LogP contribution in [0, 0.1) is 5.82 Å². The van der Waals surface area contributed by atoms with Crippen molar-refractivity contribution >= 4 is 17.5 Å². The lowest BCUT2D eigenvalue weighted by Crippen LogP contribution is -2.52. The first-order valence-corrected chi connectivity index (χ1v) is 7.72. The summed E-state index contributed by atoms with van der Waals surface area (Å²) >= 11 is 5.72. The van der Waals surface area contributed by atoms with E-state index in [1.165, 1.54) is 18.6 Å². The molecule has 2 fully saturated rings. The van der Waals surface area contributed by atoms with E-state index in [4.69, 9.17) is 11.6 Å². The minimum Gasteiger partial charge on any atom is -0.336 e. The first-order valence-electron chi connectivity index (χ1n) is 7.34. The fraction of sp³-hybridized carbons (Fsp3) is 0.533. The molecule has 0 aliphatic carbocycles. The zero-order valence-electron chi connectivity index (χ0n) is 11.8. The van der Waals surface area contributed by atoms with Gasteiger partial charge in [-0.1, -0.05) is 11.6 Å². The van der Waals surface area contributed by atoms with E-state index >= 15 is 0 Å². The van der Waals surface area contributed by atoms with Crippen LogP contribution >= 0.6 is 11.6 Å². The Balaban J connectivity index is 1.62. The van der Waals surface area contributed by atoms with Gasteiger partial charge in [0.15, 0.2) is 0 Å². The molecule has 2 saturated heterocycles. The van der Waals surface area contributed by atoms with Gasteiger partial charge in [0.25, 0.3) is 5.91 Å². The lowest BCUT2D eigenvalue weighted by atomic mass is 10.1. The Hall–Kier alpha value is -1.17. The summed E-state index contributed by atoms with van der Waals surface area (Å²) in [7, 11) is 0. The van der Waals surface area contributed by atoms with Gasteiger partial charge in [-0.3, -0.25) is 9.69 Å². The highest BCUT2D eigenvalue weighted by atomic mass is 35.5. The van der Waals surface area contributed by atoms with Gasteiger partial charge in [0.1, 0.15) is 5.82 Å². The van der Waals surface area contributed by atoms with E-state index in [0.29, 0.717) is 24.2 Å². The normalized spacial score (nSPS) is 23.5. The molecule has 2 aliphatic heterocycles. The molecule has 1 aromatic rings. The molecular weight excluding hydrogens is 293 g/mol. The largest absolute Gasteiger partial charge is 0.336 e. The molecule has 0 bridgehead atoms. The molecule has 4 nitrogen and oxygen atoms in total. The van der Waals surface area contributed by atoms with E-state index in [0.717, 1.165) is 26.2 Å². The molecule has 0 radical (unpaired) electrons. The number of halogens is 2. The van der Waals surface area contributed by atoms with Crippen LogP contribution in [0.1, 0.15) is 16.8 Å². The first kappa shape index (κ1) is 14.8. The lowest BCUT2D eigenvalue weighted by molar-refractivity contribution is 0.0579. The zero-order chi connectivity index (χ0) is 14.8. The third-order valence-corrected chi connectivity index (χ3v) is 4.55. The number of piperazine rings is 1. The molecule has 2 aliphatic rings. The van der Waals surface area contributed by atoms with Gasteiger partial charge < -0.3 is 10.2 Å². The summed E-state index contributed by atoms with van der Waals surface area (Å²) in [6.07, 6.45) is 1.17. The van der Waals surface area contributed by atoms with Crippen LogP contribution in [-0.2, 0) is 0 Å². The Labute approximate surface area is 128 Å². The number of carbonyl (C=O) groups excluding carboxylic acids is 1. The topological polar surface area (TPSA) is 35.6 Å². The lowest BCUT2D eigenvalue weighted by Gasteiger charge is -2.37. The van der Waals surface area contributed by atoms with E-state index in [9.17, 15) is 9.18 Å². The molecule has 21 heavy (non-hydrogen) atoms. The van der Waals surface area contributed by atoms with E-state index in [-0.39, 0.29) is 11.5 Å². The standard InChI is InChI=1S/C15H19ClFN3O/c16-11-1-2-13(14(17)9-11)15(21)20-7-5-19(6-8-20)12-3-4-18-10-12/h1-2,9,12,18H,3-8,10H2. The number of nitrogens with one attached hydrogen (secondary N) is 1. The Bertz CT molecular complexity index is 526. The van der Waals surface area contributed by atoms with E-state index in [1.54, 1.807) is 11.0 Å². The van der Waals surface area contributed by atoms with E-state index in [1.807, 2.05) is 0 Å². The minimum absolute atomic E-state index is 0.107. The van der Waals surface area contributed by atoms with E-state index in [2.05, 4.69) is 10.2 Å². The second kappa shape index (κ2) is 6.30. The smallest absolute Gasteiger partial charge is 0.256 e. The van der Waals surface area contributed by atoms with Gasteiger partial charge in [-0.05, 0) is 31.2 Å². The second-order valence-electron chi connectivity index (χ2n) is 5.60. The second-order valence-corrected chi connectivity index (χ2v) is 6.04. The summed E-state index contributed by atoms with van der Waals surface area (Å²) in [5.74, 6) is -0.789. The summed E-state index contributed by atoms with van der Waals surface area (Å²) in [6.45, 7) is 5.11. The number of amides is 1. The van der Waals surface area contributed by atoms with Crippen molar-refractivity contribution in [3.63, 3.8) is 0 Å². The van der Waals surface area contributed by atoms with Crippen LogP contribution < -0.4 is 5.32 Å². The quantitative estimate of drug-likeness (QED) is 0.901. The molecule has 3 rings (SSSR count). The molecule has 1 atom stereocenters. The molecule has 1 N–H and O–H groups in total. The summed E-state index contributed by atoms with van der Waals surface area (Å²) in [5.41, 5.74) is 0.107. The van der Waals surface area contributed by atoms with Crippen molar-refractivity contribution in [2.45, 2.75) is 12.5 Å². The molecule has 114 valence electrons. The highest BCUT2D eigenvalue weighted by molar-refractivity contribution is 6.30. The molecular formula is C15H19ClFN3O.